The van der Waals surface area contributed by atoms with Crippen LogP contribution in [0.25, 0.3) is 10.9 Å². The monoisotopic (exact) mass is 1230 g/mol. The molecule has 24 nitrogen and oxygen atoms in total. The topological polar surface area (TPSA) is 273 Å². The SMILES string of the molecule is CNN(C)Cc1cc2ccccc2n1CCC(=O)N1CCC(N(CCOCCOCCC(=O)O)C(=O)CCC(=O)N(C)[C@@H](C)C(=O)O[C@H]2CC(=O)N(C)c3cc(cc(OC)c3Cl)CC(C)=CC=C[C@@H](OC)[C@@]3(O)C[C@H](OC(=O)N3)[C@@H](C)C3O[C@]32C)CC1. The number of aliphatic carboxylic acids is 1. The van der Waals surface area contributed by atoms with E-state index in [0.29, 0.717) is 56.9 Å². The van der Waals surface area contributed by atoms with Crippen LogP contribution in [-0.2, 0) is 76.7 Å². The van der Waals surface area contributed by atoms with Gasteiger partial charge in [-0.3, -0.25) is 34.7 Å². The lowest BCUT2D eigenvalue weighted by Gasteiger charge is -2.42. The number of carboxylic acids is 1. The number of piperidine rings is 1. The lowest BCUT2D eigenvalue weighted by Crippen LogP contribution is -2.63. The second-order valence-corrected chi connectivity index (χ2v) is 23.5. The van der Waals surface area contributed by atoms with Gasteiger partial charge in [0.2, 0.25) is 23.6 Å². The summed E-state index contributed by atoms with van der Waals surface area (Å²) in [6.45, 7) is 9.42. The quantitative estimate of drug-likeness (QED) is 0.0387. The van der Waals surface area contributed by atoms with Crippen molar-refractivity contribution in [3.63, 3.8) is 0 Å². The standard InChI is InChI=1S/C62H87ClN8O16/c1-39-14-13-17-50(82-10)62(80)37-49(85-60(79)65-62)40(2)58-61(4,87-58)51(36-55(75)68(8)47-33-42(32-39)34-48(81-9)57(47)63)86-59(78)41(3)67(7)52(72)18-19-54(74)71(27-29-84-31-30-83-28-23-56(76)77)44-20-24-69(25-21-44)53(73)22-26-70-45(38-66(6)64-5)35-43-15-11-12-16-46(43)70/h11-17,33-35,40-41,44,49-51,58,64,80H,18-32,36-38H2,1-10H3,(H,65,79)(H,76,77)/t40-,41+,49+,50-,51+,58?,61+,62+/m1/s1. The molecule has 5 heterocycles. The molecule has 5 amide bonds. The number of likely N-dealkylation sites (N-methyl/N-ethyl adjacent to an activating group) is 1. The molecule has 2 aromatic carbocycles. The molecule has 3 saturated heterocycles. The van der Waals surface area contributed by atoms with Crippen LogP contribution in [0.2, 0.25) is 5.02 Å². The number of amides is 5. The minimum atomic E-state index is -1.90. The number of halogens is 1. The predicted molar refractivity (Wildman–Crippen MR) is 322 cm³/mol. The van der Waals surface area contributed by atoms with E-state index < -0.39 is 84.0 Å². The molecule has 1 aromatic heterocycles. The Morgan fingerprint density at radius 1 is 0.966 bits per heavy atom. The molecule has 3 aromatic rings. The number of fused-ring (bicyclic) bond motifs is 6. The highest BCUT2D eigenvalue weighted by molar-refractivity contribution is 6.35. The van der Waals surface area contributed by atoms with Crippen LogP contribution in [0.4, 0.5) is 10.5 Å². The molecule has 478 valence electrons. The van der Waals surface area contributed by atoms with Crippen molar-refractivity contribution in [3.8, 4) is 5.75 Å². The molecule has 1 unspecified atom stereocenters. The van der Waals surface area contributed by atoms with Gasteiger partial charge in [0.1, 0.15) is 40.7 Å². The van der Waals surface area contributed by atoms with E-state index in [4.69, 9.17) is 49.9 Å². The Hall–Kier alpha value is -6.64. The average Bonchev–Trinajstić information content (AvgIpc) is 1.92. The summed E-state index contributed by atoms with van der Waals surface area (Å²) in [5.41, 5.74) is 3.98. The van der Waals surface area contributed by atoms with Gasteiger partial charge in [-0.15, -0.1) is 0 Å². The molecule has 4 N–H and O–H groups in total. The number of esters is 1. The van der Waals surface area contributed by atoms with Crippen LogP contribution in [0.5, 0.6) is 5.75 Å². The van der Waals surface area contributed by atoms with Gasteiger partial charge in [-0.25, -0.2) is 14.6 Å². The number of hydrogen-bond acceptors (Lipinski definition) is 17. The number of anilines is 1. The van der Waals surface area contributed by atoms with Crippen LogP contribution in [0.1, 0.15) is 90.3 Å². The number of methoxy groups -OCH3 is 2. The number of nitrogens with one attached hydrogen (secondary N) is 2. The Morgan fingerprint density at radius 3 is 2.36 bits per heavy atom. The maximum atomic E-state index is 14.5. The third-order valence-corrected chi connectivity index (χ3v) is 17.6. The van der Waals surface area contributed by atoms with Crippen LogP contribution in [0.3, 0.4) is 0 Å². The zero-order valence-electron chi connectivity index (χ0n) is 51.7. The maximum Gasteiger partial charge on any atom is 0.409 e. The fourth-order valence-corrected chi connectivity index (χ4v) is 12.0. The van der Waals surface area contributed by atoms with Crippen molar-refractivity contribution >= 4 is 69.9 Å². The summed E-state index contributed by atoms with van der Waals surface area (Å²) in [6.07, 6.45) is 0.819. The first kappa shape index (κ1) is 67.9. The van der Waals surface area contributed by atoms with E-state index in [1.807, 2.05) is 49.1 Å². The largest absolute Gasteiger partial charge is 0.495 e. The number of epoxide rings is 1. The first-order valence-corrected chi connectivity index (χ1v) is 30.0. The van der Waals surface area contributed by atoms with Crippen molar-refractivity contribution in [2.45, 2.75) is 146 Å². The fourth-order valence-electron chi connectivity index (χ4n) is 11.7. The normalized spacial score (nSPS) is 24.0. The molecule has 0 spiro atoms. The number of benzene rings is 2. The van der Waals surface area contributed by atoms with Gasteiger partial charge in [0.15, 0.2) is 5.72 Å². The minimum Gasteiger partial charge on any atom is -0.495 e. The number of likely N-dealkylation sites (tertiary alicyclic amines) is 1. The van der Waals surface area contributed by atoms with Gasteiger partial charge in [-0.1, -0.05) is 60.5 Å². The number of allylic oxidation sites excluding steroid dienone is 3. The van der Waals surface area contributed by atoms with Crippen LogP contribution in [0, 0.1) is 5.92 Å². The summed E-state index contributed by atoms with van der Waals surface area (Å²) in [7, 11) is 9.66. The van der Waals surface area contributed by atoms with Crippen molar-refractivity contribution in [2.24, 2.45) is 5.92 Å². The number of nitrogens with zero attached hydrogens (tertiary/aromatic N) is 6. The number of carbonyl (C=O) groups excluding carboxylic acids is 6. The van der Waals surface area contributed by atoms with E-state index in [1.165, 1.54) is 38.0 Å². The van der Waals surface area contributed by atoms with Gasteiger partial charge < -0.3 is 67.5 Å². The summed E-state index contributed by atoms with van der Waals surface area (Å²) >= 11 is 6.87. The van der Waals surface area contributed by atoms with Gasteiger partial charge in [-0.2, -0.15) is 0 Å². The number of hydrazine groups is 1. The molecule has 8 atom stereocenters. The third-order valence-electron chi connectivity index (χ3n) is 17.2. The van der Waals surface area contributed by atoms with E-state index in [2.05, 4.69) is 33.5 Å². The number of para-hydroxylation sites is 1. The lowest BCUT2D eigenvalue weighted by atomic mass is 9.83. The average molecular weight is 1240 g/mol. The van der Waals surface area contributed by atoms with Crippen molar-refractivity contribution in [1.82, 2.24) is 35.0 Å². The predicted octanol–water partition coefficient (Wildman–Crippen LogP) is 5.23. The minimum absolute atomic E-state index is 0.00142. The van der Waals surface area contributed by atoms with E-state index in [9.17, 15) is 38.7 Å². The van der Waals surface area contributed by atoms with Crippen molar-refractivity contribution < 1.29 is 76.9 Å². The van der Waals surface area contributed by atoms with Crippen LogP contribution in [0.15, 0.2) is 66.3 Å². The number of aliphatic hydroxyl groups is 1. The van der Waals surface area contributed by atoms with Crippen molar-refractivity contribution in [1.29, 1.82) is 0 Å². The number of carboxylic acid groups (broad SMARTS) is 1. The molecule has 4 aliphatic heterocycles. The molecule has 0 aliphatic carbocycles. The van der Waals surface area contributed by atoms with Gasteiger partial charge in [0.25, 0.3) is 0 Å². The number of carbonyl (C=O) groups is 7. The van der Waals surface area contributed by atoms with Crippen LogP contribution >= 0.6 is 11.6 Å². The van der Waals surface area contributed by atoms with E-state index in [0.717, 1.165) is 27.7 Å². The number of hydrogen-bond donors (Lipinski definition) is 4. The van der Waals surface area contributed by atoms with Gasteiger partial charge >= 0.3 is 18.0 Å². The molecule has 25 heteroatoms. The molecule has 4 bridgehead atoms. The Bertz CT molecular complexity index is 3000. The third kappa shape index (κ3) is 17.2. The zero-order chi connectivity index (χ0) is 63.3. The van der Waals surface area contributed by atoms with E-state index >= 15 is 0 Å². The molecule has 0 radical (unpaired) electrons. The lowest BCUT2D eigenvalue weighted by molar-refractivity contribution is -0.162. The highest BCUT2D eigenvalue weighted by atomic mass is 35.5. The first-order valence-electron chi connectivity index (χ1n) is 29.7. The number of aryl methyl sites for hydroxylation is 1. The van der Waals surface area contributed by atoms with Crippen LogP contribution < -0.4 is 20.4 Å². The number of alkyl carbamates (subject to hydrolysis) is 1. The zero-order valence-corrected chi connectivity index (χ0v) is 52.5. The van der Waals surface area contributed by atoms with Crippen molar-refractivity contribution in [2.75, 3.05) is 93.4 Å². The van der Waals surface area contributed by atoms with Gasteiger partial charge in [-0.05, 0) is 82.3 Å². The Kier molecular flexibility index (Phi) is 23.8. The molecule has 7 rings (SSSR count). The highest BCUT2D eigenvalue weighted by Gasteiger charge is 2.64. The first-order chi connectivity index (χ1) is 41.4. The Morgan fingerprint density at radius 2 is 1.67 bits per heavy atom. The summed E-state index contributed by atoms with van der Waals surface area (Å²) < 4.78 is 43.0. The smallest absolute Gasteiger partial charge is 0.409 e. The highest BCUT2D eigenvalue weighted by Crippen LogP contribution is 2.49. The Labute approximate surface area is 513 Å². The van der Waals surface area contributed by atoms with Gasteiger partial charge in [0.05, 0.1) is 64.7 Å². The maximum absolute atomic E-state index is 14.5. The second kappa shape index (κ2) is 30.5. The van der Waals surface area contributed by atoms with E-state index in [-0.39, 0.29) is 88.0 Å². The molecule has 4 aliphatic rings. The number of aromatic nitrogens is 1. The number of rotatable bonds is 24. The Balaban J connectivity index is 1.03. The van der Waals surface area contributed by atoms with Crippen LogP contribution in [-0.4, -0.2) is 212 Å². The molecule has 0 saturated carbocycles. The second-order valence-electron chi connectivity index (χ2n) is 23.1. The molecule has 3 fully saturated rings. The molecular weight excluding hydrogens is 1150 g/mol. The van der Waals surface area contributed by atoms with Gasteiger partial charge in [0, 0.05) is 103 Å². The fraction of sp³-hybridized carbons (Fsp3) is 0.597. The summed E-state index contributed by atoms with van der Waals surface area (Å²) in [4.78, 5) is 101. The summed E-state index contributed by atoms with van der Waals surface area (Å²) in [5.74, 6) is -3.51. The summed E-state index contributed by atoms with van der Waals surface area (Å²) in [5, 5.41) is 26.7. The number of ether oxygens (including phenoxy) is 7. The summed E-state index contributed by atoms with van der Waals surface area (Å²) in [6, 6.07) is 12.3. The van der Waals surface area contributed by atoms with E-state index in [1.54, 1.807) is 50.1 Å². The molecular formula is C62H87ClN8O16. The molecule has 87 heavy (non-hydrogen) atoms. The van der Waals surface area contributed by atoms with Crippen molar-refractivity contribution in [3.05, 3.63) is 82.5 Å².